The maximum atomic E-state index is 13.4. The molecule has 0 spiro atoms. The molecular weight excluding hydrogens is 285 g/mol. The molecule has 0 saturated carbocycles. The zero-order valence-corrected chi connectivity index (χ0v) is 12.1. The zero-order valence-electron chi connectivity index (χ0n) is 12.1. The minimum absolute atomic E-state index is 0.103. The summed E-state index contributed by atoms with van der Waals surface area (Å²) in [6.45, 7) is 1.79. The van der Waals surface area contributed by atoms with Crippen molar-refractivity contribution in [2.75, 3.05) is 6.54 Å². The highest BCUT2D eigenvalue weighted by molar-refractivity contribution is 5.96. The van der Waals surface area contributed by atoms with E-state index in [0.717, 1.165) is 11.1 Å². The van der Waals surface area contributed by atoms with Crippen LogP contribution in [-0.2, 0) is 16.1 Å². The van der Waals surface area contributed by atoms with E-state index < -0.39 is 17.7 Å². The summed E-state index contributed by atoms with van der Waals surface area (Å²) in [4.78, 5) is 23.3. The lowest BCUT2D eigenvalue weighted by atomic mass is 10.2. The Morgan fingerprint density at radius 2 is 1.77 bits per heavy atom. The van der Waals surface area contributed by atoms with Crippen LogP contribution in [0, 0.1) is 12.7 Å². The summed E-state index contributed by atoms with van der Waals surface area (Å²) in [6.07, 6.45) is 0. The second-order valence-electron chi connectivity index (χ2n) is 4.81. The Hall–Kier alpha value is -2.69. The monoisotopic (exact) mass is 301 g/mol. The highest BCUT2D eigenvalue weighted by atomic mass is 19.1. The quantitative estimate of drug-likeness (QED) is 0.864. The Balaban J connectivity index is 1.79. The molecule has 0 atom stereocenters. The van der Waals surface area contributed by atoms with Crippen LogP contribution in [0.4, 0.5) is 4.39 Å². The first-order valence-corrected chi connectivity index (χ1v) is 6.80. The molecule has 0 heterocycles. The van der Waals surface area contributed by atoms with Gasteiger partial charge in [0, 0.05) is 0 Å². The smallest absolute Gasteiger partial charge is 0.325 e. The van der Waals surface area contributed by atoms with Crippen LogP contribution in [0.1, 0.15) is 21.5 Å². The molecule has 1 amide bonds. The Morgan fingerprint density at radius 3 is 2.45 bits per heavy atom. The van der Waals surface area contributed by atoms with Gasteiger partial charge in [-0.25, -0.2) is 4.39 Å². The largest absolute Gasteiger partial charge is 0.460 e. The topological polar surface area (TPSA) is 55.4 Å². The Labute approximate surface area is 127 Å². The van der Waals surface area contributed by atoms with Crippen LogP contribution >= 0.6 is 0 Å². The van der Waals surface area contributed by atoms with Gasteiger partial charge in [0.1, 0.15) is 19.0 Å². The lowest BCUT2D eigenvalue weighted by molar-refractivity contribution is -0.143. The second kappa shape index (κ2) is 7.36. The van der Waals surface area contributed by atoms with Gasteiger partial charge < -0.3 is 10.1 Å². The molecule has 0 radical (unpaired) electrons. The molecule has 5 heteroatoms. The lowest BCUT2D eigenvalue weighted by Crippen LogP contribution is -2.31. The average Bonchev–Trinajstić information content (AvgIpc) is 2.52. The maximum Gasteiger partial charge on any atom is 0.325 e. The van der Waals surface area contributed by atoms with Crippen LogP contribution in [0.25, 0.3) is 0 Å². The number of carbonyl (C=O) groups is 2. The number of esters is 1. The van der Waals surface area contributed by atoms with Gasteiger partial charge in [-0.05, 0) is 24.6 Å². The fourth-order valence-electron chi connectivity index (χ4n) is 1.79. The molecule has 0 fully saturated rings. The Kier molecular flexibility index (Phi) is 5.25. The SMILES string of the molecule is Cc1ccc(COC(=O)CNC(=O)c2ccccc2F)cc1. The number of nitrogens with one attached hydrogen (secondary N) is 1. The van der Waals surface area contributed by atoms with Gasteiger partial charge in [0.2, 0.25) is 0 Å². The third-order valence-corrected chi connectivity index (χ3v) is 3.03. The van der Waals surface area contributed by atoms with E-state index in [-0.39, 0.29) is 18.7 Å². The van der Waals surface area contributed by atoms with E-state index in [1.807, 2.05) is 31.2 Å². The van der Waals surface area contributed by atoms with E-state index in [1.54, 1.807) is 6.07 Å². The van der Waals surface area contributed by atoms with Crippen molar-refractivity contribution in [1.82, 2.24) is 5.32 Å². The summed E-state index contributed by atoms with van der Waals surface area (Å²) in [6, 6.07) is 13.1. The average molecular weight is 301 g/mol. The van der Waals surface area contributed by atoms with Crippen LogP contribution in [-0.4, -0.2) is 18.4 Å². The molecule has 114 valence electrons. The van der Waals surface area contributed by atoms with Crippen molar-refractivity contribution in [2.24, 2.45) is 0 Å². The molecule has 22 heavy (non-hydrogen) atoms. The zero-order chi connectivity index (χ0) is 15.9. The van der Waals surface area contributed by atoms with Crippen LogP contribution in [0.2, 0.25) is 0 Å². The van der Waals surface area contributed by atoms with Crippen molar-refractivity contribution in [2.45, 2.75) is 13.5 Å². The number of rotatable bonds is 5. The van der Waals surface area contributed by atoms with Gasteiger partial charge in [0.05, 0.1) is 5.56 Å². The molecule has 2 rings (SSSR count). The standard InChI is InChI=1S/C17H16FNO3/c1-12-6-8-13(9-7-12)11-22-16(20)10-19-17(21)14-4-2-3-5-15(14)18/h2-9H,10-11H2,1H3,(H,19,21). The summed E-state index contributed by atoms with van der Waals surface area (Å²) in [5.74, 6) is -1.86. The lowest BCUT2D eigenvalue weighted by Gasteiger charge is -2.07. The van der Waals surface area contributed by atoms with Crippen molar-refractivity contribution in [3.63, 3.8) is 0 Å². The van der Waals surface area contributed by atoms with Crippen molar-refractivity contribution in [3.8, 4) is 0 Å². The fourth-order valence-corrected chi connectivity index (χ4v) is 1.79. The number of amides is 1. The van der Waals surface area contributed by atoms with Gasteiger partial charge in [-0.15, -0.1) is 0 Å². The molecule has 4 nitrogen and oxygen atoms in total. The fraction of sp³-hybridized carbons (Fsp3) is 0.176. The summed E-state index contributed by atoms with van der Waals surface area (Å²) < 4.78 is 18.4. The van der Waals surface area contributed by atoms with Crippen LogP contribution in [0.5, 0.6) is 0 Å². The van der Waals surface area contributed by atoms with Crippen molar-refractivity contribution >= 4 is 11.9 Å². The summed E-state index contributed by atoms with van der Waals surface area (Å²) in [5, 5.41) is 2.33. The van der Waals surface area contributed by atoms with Gasteiger partial charge in [-0.1, -0.05) is 42.0 Å². The number of aryl methyl sites for hydroxylation is 1. The minimum atomic E-state index is -0.648. The number of carbonyl (C=O) groups excluding carboxylic acids is 2. The summed E-state index contributed by atoms with van der Waals surface area (Å²) >= 11 is 0. The van der Waals surface area contributed by atoms with Crippen LogP contribution < -0.4 is 5.32 Å². The summed E-state index contributed by atoms with van der Waals surface area (Å²) in [7, 11) is 0. The molecule has 0 aromatic heterocycles. The van der Waals surface area contributed by atoms with Gasteiger partial charge in [-0.3, -0.25) is 9.59 Å². The minimum Gasteiger partial charge on any atom is -0.460 e. The molecule has 0 bridgehead atoms. The van der Waals surface area contributed by atoms with E-state index >= 15 is 0 Å². The van der Waals surface area contributed by atoms with E-state index in [9.17, 15) is 14.0 Å². The normalized spacial score (nSPS) is 10.1. The molecule has 0 saturated heterocycles. The molecule has 2 aromatic rings. The number of halogens is 1. The van der Waals surface area contributed by atoms with Gasteiger partial charge >= 0.3 is 5.97 Å². The Morgan fingerprint density at radius 1 is 1.09 bits per heavy atom. The van der Waals surface area contributed by atoms with E-state index in [2.05, 4.69) is 5.32 Å². The number of benzene rings is 2. The third kappa shape index (κ3) is 4.41. The number of hydrogen-bond donors (Lipinski definition) is 1. The van der Waals surface area contributed by atoms with Crippen molar-refractivity contribution in [3.05, 3.63) is 71.0 Å². The molecular formula is C17H16FNO3. The predicted molar refractivity (Wildman–Crippen MR) is 79.7 cm³/mol. The van der Waals surface area contributed by atoms with Crippen LogP contribution in [0.3, 0.4) is 0 Å². The van der Waals surface area contributed by atoms with E-state index in [1.165, 1.54) is 18.2 Å². The van der Waals surface area contributed by atoms with Gasteiger partial charge in [-0.2, -0.15) is 0 Å². The first-order valence-electron chi connectivity index (χ1n) is 6.80. The molecule has 0 aliphatic carbocycles. The number of ether oxygens (including phenoxy) is 1. The molecule has 2 aromatic carbocycles. The van der Waals surface area contributed by atoms with Gasteiger partial charge in [0.25, 0.3) is 5.91 Å². The predicted octanol–water partition coefficient (Wildman–Crippen LogP) is 2.61. The number of hydrogen-bond acceptors (Lipinski definition) is 3. The highest BCUT2D eigenvalue weighted by Gasteiger charge is 2.12. The molecule has 0 aliphatic rings. The van der Waals surface area contributed by atoms with Crippen LogP contribution in [0.15, 0.2) is 48.5 Å². The highest BCUT2D eigenvalue weighted by Crippen LogP contribution is 2.06. The third-order valence-electron chi connectivity index (χ3n) is 3.03. The maximum absolute atomic E-state index is 13.4. The first-order chi connectivity index (χ1) is 10.6. The van der Waals surface area contributed by atoms with Crippen molar-refractivity contribution in [1.29, 1.82) is 0 Å². The van der Waals surface area contributed by atoms with E-state index in [0.29, 0.717) is 0 Å². The molecule has 0 aliphatic heterocycles. The molecule has 0 unspecified atom stereocenters. The summed E-state index contributed by atoms with van der Waals surface area (Å²) in [5.41, 5.74) is 1.88. The Bertz CT molecular complexity index is 668. The first kappa shape index (κ1) is 15.7. The van der Waals surface area contributed by atoms with E-state index in [4.69, 9.17) is 4.74 Å². The van der Waals surface area contributed by atoms with Gasteiger partial charge in [0.15, 0.2) is 0 Å². The second-order valence-corrected chi connectivity index (χ2v) is 4.81. The van der Waals surface area contributed by atoms with Crippen molar-refractivity contribution < 1.29 is 18.7 Å². The molecule has 1 N–H and O–H groups in total.